The number of anilines is 1. The number of carbonyl (C=O) groups excluding carboxylic acids is 1. The summed E-state index contributed by atoms with van der Waals surface area (Å²) in [5.41, 5.74) is 2.76. The topological polar surface area (TPSA) is 47.6 Å². The second-order valence-corrected chi connectivity index (χ2v) is 8.77. The molecular weight excluding hydrogens is 356 g/mol. The number of carbonyl (C=O) groups is 1. The Morgan fingerprint density at radius 2 is 2.11 bits per heavy atom. The molecule has 1 amide bonds. The van der Waals surface area contributed by atoms with Gasteiger partial charge in [-0.3, -0.25) is 4.79 Å². The van der Waals surface area contributed by atoms with Crippen molar-refractivity contribution in [3.8, 4) is 0 Å². The molecule has 1 aromatic rings. The Kier molecular flexibility index (Phi) is 6.25. The minimum Gasteiger partial charge on any atom is -0.370 e. The van der Waals surface area contributed by atoms with E-state index >= 15 is 0 Å². The van der Waals surface area contributed by atoms with Crippen LogP contribution in [0.25, 0.3) is 0 Å². The zero-order chi connectivity index (χ0) is 19.4. The van der Waals surface area contributed by atoms with Gasteiger partial charge in [0.05, 0.1) is 0 Å². The molecule has 148 valence electrons. The van der Waals surface area contributed by atoms with Crippen molar-refractivity contribution in [3.63, 3.8) is 0 Å². The van der Waals surface area contributed by atoms with Crippen LogP contribution in [0.5, 0.6) is 0 Å². The van der Waals surface area contributed by atoms with Crippen LogP contribution in [-0.4, -0.2) is 53.7 Å². The van der Waals surface area contributed by atoms with Gasteiger partial charge in [0.1, 0.15) is 0 Å². The largest absolute Gasteiger partial charge is 0.370 e. The Morgan fingerprint density at radius 3 is 2.89 bits per heavy atom. The Balaban J connectivity index is 1.41. The molecule has 1 fully saturated rings. The van der Waals surface area contributed by atoms with Gasteiger partial charge in [0, 0.05) is 49.9 Å². The molecule has 2 aliphatic heterocycles. The fourth-order valence-electron chi connectivity index (χ4n) is 4.27. The highest BCUT2D eigenvalue weighted by molar-refractivity contribution is 7.80. The van der Waals surface area contributed by atoms with Crippen molar-refractivity contribution in [2.75, 3.05) is 31.1 Å². The molecule has 1 atom stereocenters. The fraction of sp³-hybridized carbons (Fsp3) is 0.619. The van der Waals surface area contributed by atoms with E-state index < -0.39 is 0 Å². The van der Waals surface area contributed by atoms with Crippen molar-refractivity contribution in [1.82, 2.24) is 15.5 Å². The number of nitrogens with zero attached hydrogens (tertiary/aromatic N) is 2. The minimum absolute atomic E-state index is 0.0278. The van der Waals surface area contributed by atoms with Gasteiger partial charge in [-0.05, 0) is 63.9 Å². The number of hydrogen-bond acceptors (Lipinski definition) is 3. The second kappa shape index (κ2) is 8.46. The fourth-order valence-corrected chi connectivity index (χ4v) is 4.82. The maximum Gasteiger partial charge on any atom is 0.221 e. The van der Waals surface area contributed by atoms with E-state index in [1.807, 2.05) is 0 Å². The van der Waals surface area contributed by atoms with Crippen LogP contribution >= 0.6 is 12.2 Å². The number of benzene rings is 1. The number of para-hydroxylation sites is 1. The lowest BCUT2D eigenvalue weighted by atomic mass is 9.93. The quantitative estimate of drug-likeness (QED) is 0.734. The van der Waals surface area contributed by atoms with Crippen molar-refractivity contribution in [1.29, 1.82) is 0 Å². The monoisotopic (exact) mass is 388 g/mol. The Bertz CT molecular complexity index is 691. The summed E-state index contributed by atoms with van der Waals surface area (Å²) in [5.74, 6) is 0.0973. The van der Waals surface area contributed by atoms with Crippen LogP contribution in [0.15, 0.2) is 24.3 Å². The summed E-state index contributed by atoms with van der Waals surface area (Å²) in [7, 11) is 0. The van der Waals surface area contributed by atoms with Crippen LogP contribution in [0.2, 0.25) is 0 Å². The lowest BCUT2D eigenvalue weighted by Gasteiger charge is -2.44. The molecule has 0 spiro atoms. The van der Waals surface area contributed by atoms with E-state index in [9.17, 15) is 4.79 Å². The normalized spacial score (nSPS) is 21.4. The number of rotatable bonds is 6. The highest BCUT2D eigenvalue weighted by Crippen LogP contribution is 2.26. The summed E-state index contributed by atoms with van der Waals surface area (Å²) in [4.78, 5) is 16.8. The predicted octanol–water partition coefficient (Wildman–Crippen LogP) is 2.69. The summed E-state index contributed by atoms with van der Waals surface area (Å²) >= 11 is 5.49. The van der Waals surface area contributed by atoms with E-state index in [4.69, 9.17) is 12.2 Å². The van der Waals surface area contributed by atoms with E-state index in [2.05, 4.69) is 65.5 Å². The molecule has 2 aliphatic rings. The molecule has 0 unspecified atom stereocenters. The lowest BCUT2D eigenvalue weighted by Crippen LogP contribution is -2.60. The first-order valence-corrected chi connectivity index (χ1v) is 10.4. The number of nitrogens with one attached hydrogen (secondary N) is 2. The summed E-state index contributed by atoms with van der Waals surface area (Å²) in [6, 6.07) is 8.94. The first-order chi connectivity index (χ1) is 12.9. The molecule has 0 aromatic heterocycles. The first-order valence-electron chi connectivity index (χ1n) is 10.0. The summed E-state index contributed by atoms with van der Waals surface area (Å²) in [6.07, 6.45) is 3.82. The van der Waals surface area contributed by atoms with Crippen LogP contribution in [0.4, 0.5) is 5.69 Å². The molecule has 0 bridgehead atoms. The van der Waals surface area contributed by atoms with Crippen LogP contribution < -0.4 is 15.5 Å². The number of hydrogen-bond donors (Lipinski definition) is 2. The molecule has 6 heteroatoms. The average molecular weight is 389 g/mol. The van der Waals surface area contributed by atoms with Gasteiger partial charge < -0.3 is 20.4 Å². The third-order valence-corrected chi connectivity index (χ3v) is 5.87. The highest BCUT2D eigenvalue weighted by Gasteiger charge is 2.32. The molecule has 2 N–H and O–H groups in total. The van der Waals surface area contributed by atoms with Gasteiger partial charge in [-0.2, -0.15) is 0 Å². The van der Waals surface area contributed by atoms with Gasteiger partial charge in [0.25, 0.3) is 0 Å². The number of amides is 1. The van der Waals surface area contributed by atoms with E-state index in [1.54, 1.807) is 0 Å². The molecule has 1 saturated heterocycles. The van der Waals surface area contributed by atoms with Crippen LogP contribution in [0.1, 0.15) is 45.6 Å². The SMILES string of the molecule is C[C@@H]1CC(C)(C)NC(=S)N1CCC(=O)NCCN1CCCc2ccccc21. The van der Waals surface area contributed by atoms with Crippen molar-refractivity contribution in [2.45, 2.75) is 58.0 Å². The smallest absolute Gasteiger partial charge is 0.221 e. The molecular formula is C21H32N4OS. The van der Waals surface area contributed by atoms with E-state index in [0.717, 1.165) is 31.0 Å². The minimum atomic E-state index is 0.0278. The van der Waals surface area contributed by atoms with Crippen LogP contribution in [-0.2, 0) is 11.2 Å². The van der Waals surface area contributed by atoms with Gasteiger partial charge in [-0.25, -0.2) is 0 Å². The molecule has 5 nitrogen and oxygen atoms in total. The number of aryl methyl sites for hydroxylation is 1. The molecule has 2 heterocycles. The van der Waals surface area contributed by atoms with Crippen LogP contribution in [0, 0.1) is 0 Å². The zero-order valence-corrected chi connectivity index (χ0v) is 17.6. The van der Waals surface area contributed by atoms with Crippen molar-refractivity contribution in [3.05, 3.63) is 29.8 Å². The molecule has 27 heavy (non-hydrogen) atoms. The Labute approximate surface area is 168 Å². The van der Waals surface area contributed by atoms with E-state index in [0.29, 0.717) is 25.6 Å². The summed E-state index contributed by atoms with van der Waals surface area (Å²) in [5, 5.41) is 7.21. The maximum absolute atomic E-state index is 12.3. The average Bonchev–Trinajstić information content (AvgIpc) is 2.60. The van der Waals surface area contributed by atoms with Crippen molar-refractivity contribution in [2.24, 2.45) is 0 Å². The van der Waals surface area contributed by atoms with Gasteiger partial charge >= 0.3 is 0 Å². The number of fused-ring (bicyclic) bond motifs is 1. The molecule has 3 rings (SSSR count). The predicted molar refractivity (Wildman–Crippen MR) is 115 cm³/mol. The highest BCUT2D eigenvalue weighted by atomic mass is 32.1. The first kappa shape index (κ1) is 19.9. The van der Waals surface area contributed by atoms with Gasteiger partial charge in [0.2, 0.25) is 5.91 Å². The van der Waals surface area contributed by atoms with Crippen molar-refractivity contribution < 1.29 is 4.79 Å². The van der Waals surface area contributed by atoms with Crippen molar-refractivity contribution >= 4 is 28.9 Å². The third-order valence-electron chi connectivity index (χ3n) is 5.53. The third kappa shape index (κ3) is 5.12. The Morgan fingerprint density at radius 1 is 1.33 bits per heavy atom. The summed E-state index contributed by atoms with van der Waals surface area (Å²) in [6.45, 7) is 9.78. The van der Waals surface area contributed by atoms with Gasteiger partial charge in [-0.15, -0.1) is 0 Å². The van der Waals surface area contributed by atoms with Gasteiger partial charge in [0.15, 0.2) is 5.11 Å². The molecule has 0 aliphatic carbocycles. The molecule has 1 aromatic carbocycles. The summed E-state index contributed by atoms with van der Waals surface area (Å²) < 4.78 is 0. The van der Waals surface area contributed by atoms with E-state index in [-0.39, 0.29) is 11.4 Å². The van der Waals surface area contributed by atoms with Crippen LogP contribution in [0.3, 0.4) is 0 Å². The standard InChI is InChI=1S/C21H32N4OS/c1-16-15-21(2,3)23-20(27)25(16)13-10-19(26)22-11-14-24-12-6-8-17-7-4-5-9-18(17)24/h4-5,7,9,16H,6,8,10-15H2,1-3H3,(H,22,26)(H,23,27)/t16-/m1/s1. The van der Waals surface area contributed by atoms with Gasteiger partial charge in [-0.1, -0.05) is 18.2 Å². The van der Waals surface area contributed by atoms with E-state index in [1.165, 1.54) is 17.7 Å². The zero-order valence-electron chi connectivity index (χ0n) is 16.8. The Hall–Kier alpha value is -1.82. The molecule has 0 radical (unpaired) electrons. The molecule has 0 saturated carbocycles. The lowest BCUT2D eigenvalue weighted by molar-refractivity contribution is -0.121. The maximum atomic E-state index is 12.3. The number of thiocarbonyl (C=S) groups is 1. The second-order valence-electron chi connectivity index (χ2n) is 8.38.